The molecular formula is C45H76F2N6O9S. The van der Waals surface area contributed by atoms with Gasteiger partial charge < -0.3 is 35.1 Å². The van der Waals surface area contributed by atoms with Crippen LogP contribution in [0, 0.1) is 17.8 Å². The van der Waals surface area contributed by atoms with Crippen LogP contribution < -0.4 is 30.1 Å². The Morgan fingerprint density at radius 3 is 2.24 bits per heavy atom. The van der Waals surface area contributed by atoms with E-state index in [2.05, 4.69) is 34.4 Å². The molecular weight excluding hydrogens is 839 g/mol. The molecule has 6 atom stereocenters. The normalized spacial score (nSPS) is 25.5. The summed E-state index contributed by atoms with van der Waals surface area (Å²) >= 11 is 0. The summed E-state index contributed by atoms with van der Waals surface area (Å²) in [6.07, 6.45) is 6.55. The van der Waals surface area contributed by atoms with Crippen molar-refractivity contribution in [1.82, 2.24) is 19.9 Å². The Morgan fingerprint density at radius 2 is 1.68 bits per heavy atom. The molecule has 1 aromatic carbocycles. The zero-order valence-electron chi connectivity index (χ0n) is 39.0. The number of alkyl halides is 2. The Balaban J connectivity index is 0.00000205. The molecule has 0 spiro atoms. The Hall–Kier alpha value is -4.74. The highest BCUT2D eigenvalue weighted by Crippen LogP contribution is 2.46. The first-order valence-electron chi connectivity index (χ1n) is 22.0. The second-order valence-corrected chi connectivity index (χ2v) is 19.2. The Labute approximate surface area is 376 Å². The lowest BCUT2D eigenvalue weighted by molar-refractivity contribution is -0.148. The summed E-state index contributed by atoms with van der Waals surface area (Å²) in [6, 6.07) is 6.65. The number of fused-ring (bicyclic) bond motifs is 3. The van der Waals surface area contributed by atoms with E-state index in [1.807, 2.05) is 83.1 Å². The number of methoxy groups -OCH3 is 1. The minimum atomic E-state index is -3.82. The van der Waals surface area contributed by atoms with Crippen molar-refractivity contribution in [2.75, 3.05) is 32.6 Å². The molecule has 3 fully saturated rings. The van der Waals surface area contributed by atoms with Crippen molar-refractivity contribution in [3.05, 3.63) is 36.4 Å². The van der Waals surface area contributed by atoms with Crippen LogP contribution >= 0.6 is 0 Å². The smallest absolute Gasteiger partial charge is 0.405 e. The average molecular weight is 915 g/mol. The number of carbonyl (C=O) groups is 4. The first-order valence-corrected chi connectivity index (χ1v) is 23.5. The van der Waals surface area contributed by atoms with Crippen LogP contribution in [0.5, 0.6) is 11.6 Å². The molecule has 0 radical (unpaired) electrons. The topological polar surface area (TPSA) is 200 Å². The molecule has 360 valence electrons. The molecule has 3 heterocycles. The van der Waals surface area contributed by atoms with Gasteiger partial charge in [-0.05, 0) is 93.9 Å². The molecule has 6 rings (SSSR count). The summed E-state index contributed by atoms with van der Waals surface area (Å²) in [5.41, 5.74) is 1.33. The number of benzene rings is 1. The van der Waals surface area contributed by atoms with Gasteiger partial charge in [-0.2, -0.15) is 4.98 Å². The molecule has 63 heavy (non-hydrogen) atoms. The number of primary amides is 1. The first-order chi connectivity index (χ1) is 29.5. The van der Waals surface area contributed by atoms with E-state index >= 15 is 0 Å². The number of allylic oxidation sites excluding steroid dienone is 1. The number of ether oxygens (including phenoxy) is 3. The van der Waals surface area contributed by atoms with E-state index in [4.69, 9.17) is 14.5 Å². The Bertz CT molecular complexity index is 2070. The molecule has 4 aliphatic rings. The number of nitrogens with zero attached hydrogens (tertiary/aromatic N) is 3. The minimum Gasteiger partial charge on any atom is -0.497 e. The number of nitrogens with one attached hydrogen (secondary N) is 2. The summed E-state index contributed by atoms with van der Waals surface area (Å²) in [5.74, 6) is -2.57. The molecule has 1 aromatic heterocycles. The van der Waals surface area contributed by atoms with E-state index in [9.17, 15) is 36.4 Å². The maximum Gasteiger partial charge on any atom is 0.405 e. The van der Waals surface area contributed by atoms with Gasteiger partial charge in [0.05, 0.1) is 18.9 Å². The molecule has 18 heteroatoms. The van der Waals surface area contributed by atoms with Gasteiger partial charge in [-0.15, -0.1) is 0 Å². The molecule has 4 N–H and O–H groups in total. The summed E-state index contributed by atoms with van der Waals surface area (Å²) in [5, 5.41) is 3.99. The number of anilines is 1. The zero-order chi connectivity index (χ0) is 47.7. The molecule has 2 aliphatic carbocycles. The number of sulfonamides is 1. The number of hydrogen-bond donors (Lipinski definition) is 3. The average Bonchev–Trinajstić information content (AvgIpc) is 4.13. The highest BCUT2D eigenvalue weighted by molar-refractivity contribution is 7.91. The van der Waals surface area contributed by atoms with Gasteiger partial charge in [0.15, 0.2) is 5.60 Å². The van der Waals surface area contributed by atoms with E-state index in [0.717, 1.165) is 43.9 Å². The lowest BCUT2D eigenvalue weighted by Gasteiger charge is -2.29. The third kappa shape index (κ3) is 13.6. The molecule has 1 saturated heterocycles. The van der Waals surface area contributed by atoms with Crippen LogP contribution in [0.4, 0.5) is 19.4 Å². The highest BCUT2D eigenvalue weighted by Gasteiger charge is 2.62. The third-order valence-electron chi connectivity index (χ3n) is 11.5. The van der Waals surface area contributed by atoms with Gasteiger partial charge in [-0.3, -0.25) is 19.1 Å². The molecule has 2 aromatic rings. The number of pyridine rings is 1. The first kappa shape index (κ1) is 52.6. The van der Waals surface area contributed by atoms with E-state index in [1.165, 1.54) is 0 Å². The monoisotopic (exact) mass is 915 g/mol. The number of carbonyl (C=O) groups excluding carboxylic acids is 4. The van der Waals surface area contributed by atoms with Crippen molar-refractivity contribution >= 4 is 50.4 Å². The van der Waals surface area contributed by atoms with Gasteiger partial charge in [0, 0.05) is 49.4 Å². The third-order valence-corrected chi connectivity index (χ3v) is 13.3. The number of aromatic nitrogens is 1. The molecule has 15 nitrogen and oxygen atoms in total. The van der Waals surface area contributed by atoms with E-state index < -0.39 is 62.4 Å². The van der Waals surface area contributed by atoms with Crippen molar-refractivity contribution in [3.8, 4) is 11.6 Å². The quantitative estimate of drug-likeness (QED) is 0.207. The molecule has 4 amide bonds. The summed E-state index contributed by atoms with van der Waals surface area (Å²) in [7, 11) is 1.56. The molecule has 2 saturated carbocycles. The van der Waals surface area contributed by atoms with Crippen LogP contribution in [-0.4, -0.2) is 104 Å². The van der Waals surface area contributed by atoms with Gasteiger partial charge >= 0.3 is 6.09 Å². The predicted octanol–water partition coefficient (Wildman–Crippen LogP) is 7.85. The lowest BCUT2D eigenvalue weighted by atomic mass is 9.91. The standard InChI is InChI=1S/C35H47N5O7S.C6H11F2NO2.2C2H6.3H2/c1-21-8-6-7-9-24-19-35(24,34(43)38-48(44,45)27-11-12-27)37-32(42)29-18-26(20-40(29)31(41)15-22(2)14-21)47-33-28-13-10-25(46-5)16-23(28)17-30(36-33)39(3)4;1-5(2,6(3,7)8)11-4(9)10;2*1-2;;;/h7,9-10,13,16-17,21-22,24,26-27,29H,6,8,11-12,14-15,18-20H2,1-5H3,(H,37,42)(H,38,43);1-3H3,(H2,9,10);2*1-2H3;3*1H/b9-7-;;;;;;/t21-,22+,24+,26+,29-,35+;;;;;;/m0....../s1. The van der Waals surface area contributed by atoms with Crippen molar-refractivity contribution < 1.29 is 54.9 Å². The lowest BCUT2D eigenvalue weighted by Crippen LogP contribution is -2.56. The fourth-order valence-electron chi connectivity index (χ4n) is 7.45. The van der Waals surface area contributed by atoms with Gasteiger partial charge in [0.1, 0.15) is 29.3 Å². The summed E-state index contributed by atoms with van der Waals surface area (Å²) < 4.78 is 68.9. The molecule has 0 unspecified atom stereocenters. The fraction of sp³-hybridized carbons (Fsp3) is 0.667. The predicted molar refractivity (Wildman–Crippen MR) is 247 cm³/mol. The second kappa shape index (κ2) is 21.8. The maximum absolute atomic E-state index is 14.1. The zero-order valence-corrected chi connectivity index (χ0v) is 39.9. The van der Waals surface area contributed by atoms with Crippen molar-refractivity contribution in [3.63, 3.8) is 0 Å². The van der Waals surface area contributed by atoms with Crippen LogP contribution in [0.1, 0.15) is 118 Å². The van der Waals surface area contributed by atoms with Crippen LogP contribution in [0.2, 0.25) is 0 Å². The van der Waals surface area contributed by atoms with Crippen LogP contribution in [0.15, 0.2) is 36.4 Å². The SMILES string of the molecule is CC.CC.CC(F)(F)C(C)(C)OC(N)=O.COc1ccc2c(O[C@@H]3C[C@H]4C(=O)N[C@]5(C(=O)NS(=O)(=O)C6CC6)C[C@H]5/C=C\CC[C@H](C)C[C@@H](C)CC(=O)N4C3)nc(N(C)C)cc2c1.[HH].[HH].[HH]. The van der Waals surface area contributed by atoms with Gasteiger partial charge in [0.2, 0.25) is 27.7 Å². The molecule has 0 bridgehead atoms. The minimum absolute atomic E-state index is 0. The van der Waals surface area contributed by atoms with Crippen LogP contribution in [0.25, 0.3) is 10.8 Å². The Kier molecular flexibility index (Phi) is 18.2. The van der Waals surface area contributed by atoms with E-state index in [1.54, 1.807) is 12.0 Å². The number of nitrogens with two attached hydrogens (primary N) is 1. The van der Waals surface area contributed by atoms with Crippen LogP contribution in [-0.2, 0) is 29.1 Å². The summed E-state index contributed by atoms with van der Waals surface area (Å²) in [6.45, 7) is 15.3. The molecule has 2 aliphatic heterocycles. The van der Waals surface area contributed by atoms with E-state index in [0.29, 0.717) is 43.1 Å². The number of rotatable bonds is 9. The van der Waals surface area contributed by atoms with Gasteiger partial charge in [-0.1, -0.05) is 53.7 Å². The van der Waals surface area contributed by atoms with E-state index in [-0.39, 0.29) is 47.8 Å². The van der Waals surface area contributed by atoms with Crippen LogP contribution in [0.3, 0.4) is 0 Å². The number of amides is 4. The largest absolute Gasteiger partial charge is 0.497 e. The second-order valence-electron chi connectivity index (χ2n) is 17.2. The number of halogens is 2. The van der Waals surface area contributed by atoms with Crippen molar-refractivity contribution in [1.29, 1.82) is 0 Å². The number of hydrogen-bond acceptors (Lipinski definition) is 11. The Morgan fingerprint density at radius 1 is 1.03 bits per heavy atom. The van der Waals surface area contributed by atoms with Gasteiger partial charge in [0.25, 0.3) is 11.8 Å². The maximum atomic E-state index is 14.1. The highest BCUT2D eigenvalue weighted by atomic mass is 32.2. The van der Waals surface area contributed by atoms with Gasteiger partial charge in [-0.25, -0.2) is 22.0 Å². The summed E-state index contributed by atoms with van der Waals surface area (Å²) in [4.78, 5) is 60.0. The fourth-order valence-corrected chi connectivity index (χ4v) is 8.82. The van der Waals surface area contributed by atoms with Crippen molar-refractivity contribution in [2.45, 2.75) is 148 Å². The van der Waals surface area contributed by atoms with Crippen molar-refractivity contribution in [2.24, 2.45) is 23.5 Å².